The molecule has 0 aromatic heterocycles. The highest BCUT2D eigenvalue weighted by Gasteiger charge is 2.10. The molecular formula is C45H66Cl3N3O6. The van der Waals surface area contributed by atoms with E-state index in [0.29, 0.717) is 0 Å². The van der Waals surface area contributed by atoms with Gasteiger partial charge in [0.2, 0.25) is 0 Å². The Hall–Kier alpha value is -3.57. The molecule has 0 amide bonds. The van der Waals surface area contributed by atoms with Gasteiger partial charge in [0, 0.05) is 16.7 Å². The van der Waals surface area contributed by atoms with E-state index in [1.165, 1.54) is 52.6 Å². The van der Waals surface area contributed by atoms with E-state index in [4.69, 9.17) is 28.4 Å². The van der Waals surface area contributed by atoms with E-state index in [1.807, 2.05) is 18.2 Å². The SMILES string of the molecule is COc1ccc(CCCC[NH2+]Cc2cc(C[NH2+]CCCCc3ccc(OC)c(OC)c3)cc(C[NH2+]CCCCc3ccc(OC)c(OC)c3)c2)cc1OC.[Cl-].[Cl-].[Cl-]. The zero-order chi connectivity index (χ0) is 38.4. The molecule has 0 saturated carbocycles. The number of halogens is 3. The number of nitrogens with two attached hydrogens (primary N) is 3. The maximum Gasteiger partial charge on any atom is 0.160 e. The molecule has 0 fully saturated rings. The molecule has 0 unspecified atom stereocenters. The first kappa shape index (κ1) is 51.4. The highest BCUT2D eigenvalue weighted by molar-refractivity contribution is 5.44. The van der Waals surface area contributed by atoms with Gasteiger partial charge in [-0.1, -0.05) is 18.2 Å². The van der Waals surface area contributed by atoms with Crippen LogP contribution in [0.25, 0.3) is 0 Å². The maximum atomic E-state index is 5.48. The molecule has 0 aliphatic heterocycles. The summed E-state index contributed by atoms with van der Waals surface area (Å²) in [4.78, 5) is 0. The van der Waals surface area contributed by atoms with Crippen LogP contribution in [0.3, 0.4) is 0 Å². The standard InChI is InChI=1S/C45H63N3O6.3ClH/c1-49-40-19-16-34(28-43(40)52-4)13-7-10-22-46-31-37-25-38(32-47-23-11-8-14-35-17-20-41(50-2)44(29-35)53-5)27-39(26-37)33-48-24-12-9-15-36-18-21-42(51-3)45(30-36)54-6;;;/h16-21,25-30,46-48H,7-15,22-24,31-33H2,1-6H3;3*1H. The van der Waals surface area contributed by atoms with Crippen LogP contribution in [0.15, 0.2) is 72.8 Å². The molecule has 57 heavy (non-hydrogen) atoms. The second-order valence-corrected chi connectivity index (χ2v) is 13.9. The van der Waals surface area contributed by atoms with Crippen molar-refractivity contribution in [1.82, 2.24) is 0 Å². The first-order valence-electron chi connectivity index (χ1n) is 19.7. The summed E-state index contributed by atoms with van der Waals surface area (Å²) >= 11 is 0. The van der Waals surface area contributed by atoms with E-state index < -0.39 is 0 Å². The van der Waals surface area contributed by atoms with Gasteiger partial charge in [-0.05, 0) is 129 Å². The quantitative estimate of drug-likeness (QED) is 0.0530. The van der Waals surface area contributed by atoms with Gasteiger partial charge in [-0.2, -0.15) is 0 Å². The second kappa shape index (κ2) is 29.6. The van der Waals surface area contributed by atoms with Crippen LogP contribution in [0, 0.1) is 0 Å². The predicted octanol–water partition coefficient (Wildman–Crippen LogP) is -3.99. The van der Waals surface area contributed by atoms with Crippen LogP contribution in [-0.2, 0) is 38.9 Å². The molecule has 4 aromatic carbocycles. The van der Waals surface area contributed by atoms with Crippen LogP contribution in [0.4, 0.5) is 0 Å². The van der Waals surface area contributed by atoms with Gasteiger partial charge in [0.05, 0.1) is 62.3 Å². The fraction of sp³-hybridized carbons (Fsp3) is 0.467. The molecule has 9 nitrogen and oxygen atoms in total. The Labute approximate surface area is 360 Å². The summed E-state index contributed by atoms with van der Waals surface area (Å²) in [5.41, 5.74) is 8.14. The molecule has 0 aliphatic carbocycles. The van der Waals surface area contributed by atoms with Crippen LogP contribution in [0.2, 0.25) is 0 Å². The molecule has 12 heteroatoms. The van der Waals surface area contributed by atoms with Crippen molar-refractivity contribution < 1.29 is 81.6 Å². The zero-order valence-corrected chi connectivity index (χ0v) is 37.1. The highest BCUT2D eigenvalue weighted by Crippen LogP contribution is 2.30. The smallest absolute Gasteiger partial charge is 0.160 e. The largest absolute Gasteiger partial charge is 1.00 e. The van der Waals surface area contributed by atoms with Crippen molar-refractivity contribution in [3.05, 3.63) is 106 Å². The van der Waals surface area contributed by atoms with Crippen molar-refractivity contribution in [2.45, 2.75) is 77.4 Å². The Morgan fingerprint density at radius 3 is 0.825 bits per heavy atom. The Morgan fingerprint density at radius 1 is 0.316 bits per heavy atom. The zero-order valence-electron chi connectivity index (χ0n) is 34.9. The Balaban J connectivity index is 0.00000541. The lowest BCUT2D eigenvalue weighted by Gasteiger charge is -2.11. The third kappa shape index (κ3) is 17.8. The lowest BCUT2D eigenvalue weighted by Crippen LogP contribution is -3.00. The van der Waals surface area contributed by atoms with Gasteiger partial charge in [0.25, 0.3) is 0 Å². The molecule has 0 heterocycles. The third-order valence-corrected chi connectivity index (χ3v) is 9.97. The monoisotopic (exact) mass is 849 g/mol. The maximum absolute atomic E-state index is 5.48. The average molecular weight is 851 g/mol. The van der Waals surface area contributed by atoms with Crippen LogP contribution in [-0.4, -0.2) is 62.3 Å². The molecule has 0 saturated heterocycles. The average Bonchev–Trinajstić information content (AvgIpc) is 3.21. The minimum Gasteiger partial charge on any atom is -1.00 e. The fourth-order valence-electron chi connectivity index (χ4n) is 6.96. The number of aryl methyl sites for hydroxylation is 3. The number of quaternary nitrogens is 3. The van der Waals surface area contributed by atoms with Gasteiger partial charge < -0.3 is 81.6 Å². The number of hydrogen-bond donors (Lipinski definition) is 3. The van der Waals surface area contributed by atoms with Crippen LogP contribution < -0.4 is 81.6 Å². The summed E-state index contributed by atoms with van der Waals surface area (Å²) in [5, 5.41) is 7.40. The third-order valence-electron chi connectivity index (χ3n) is 9.97. The van der Waals surface area contributed by atoms with Crippen molar-refractivity contribution >= 4 is 0 Å². The summed E-state index contributed by atoms with van der Waals surface area (Å²) in [7, 11) is 10.1. The second-order valence-electron chi connectivity index (χ2n) is 13.9. The van der Waals surface area contributed by atoms with Crippen molar-refractivity contribution in [2.24, 2.45) is 0 Å². The molecule has 0 spiro atoms. The van der Waals surface area contributed by atoms with Crippen molar-refractivity contribution in [1.29, 1.82) is 0 Å². The van der Waals surface area contributed by atoms with E-state index in [9.17, 15) is 0 Å². The van der Waals surface area contributed by atoms with Crippen molar-refractivity contribution in [3.8, 4) is 34.5 Å². The number of rotatable bonds is 27. The van der Waals surface area contributed by atoms with Gasteiger partial charge in [-0.15, -0.1) is 0 Å². The van der Waals surface area contributed by atoms with E-state index in [2.05, 4.69) is 70.5 Å². The molecule has 4 rings (SSSR count). The minimum absolute atomic E-state index is 0. The number of methoxy groups -OCH3 is 6. The lowest BCUT2D eigenvalue weighted by atomic mass is 10.0. The molecule has 0 radical (unpaired) electrons. The van der Waals surface area contributed by atoms with Gasteiger partial charge in [0.15, 0.2) is 34.5 Å². The molecule has 0 bridgehead atoms. The summed E-state index contributed by atoms with van der Waals surface area (Å²) in [5.74, 6) is 4.75. The summed E-state index contributed by atoms with van der Waals surface area (Å²) in [6, 6.07) is 26.0. The summed E-state index contributed by atoms with van der Waals surface area (Å²) in [6.07, 6.45) is 10.1. The molecule has 0 aliphatic rings. The highest BCUT2D eigenvalue weighted by atomic mass is 35.5. The summed E-state index contributed by atoms with van der Waals surface area (Å²) in [6.45, 7) is 6.37. The number of benzene rings is 4. The molecular weight excluding hydrogens is 785 g/mol. The molecule has 6 N–H and O–H groups in total. The van der Waals surface area contributed by atoms with Gasteiger partial charge in [-0.3, -0.25) is 0 Å². The number of unbranched alkanes of at least 4 members (excludes halogenated alkanes) is 3. The first-order valence-corrected chi connectivity index (χ1v) is 19.7. The topological polar surface area (TPSA) is 105 Å². The first-order chi connectivity index (χ1) is 26.5. The Bertz CT molecular complexity index is 1490. The van der Waals surface area contributed by atoms with Crippen LogP contribution in [0.5, 0.6) is 34.5 Å². The lowest BCUT2D eigenvalue weighted by molar-refractivity contribution is -0.672. The van der Waals surface area contributed by atoms with Gasteiger partial charge in [-0.25, -0.2) is 0 Å². The van der Waals surface area contributed by atoms with E-state index >= 15 is 0 Å². The van der Waals surface area contributed by atoms with E-state index in [1.54, 1.807) is 42.7 Å². The number of hydrogen-bond acceptors (Lipinski definition) is 6. The molecule has 0 atom stereocenters. The minimum atomic E-state index is 0. The van der Waals surface area contributed by atoms with Crippen molar-refractivity contribution in [3.63, 3.8) is 0 Å². The molecule has 4 aromatic rings. The summed E-state index contributed by atoms with van der Waals surface area (Å²) < 4.78 is 32.6. The Morgan fingerprint density at radius 2 is 0.579 bits per heavy atom. The number of ether oxygens (including phenoxy) is 6. The van der Waals surface area contributed by atoms with E-state index in [0.717, 1.165) is 112 Å². The van der Waals surface area contributed by atoms with Crippen LogP contribution >= 0.6 is 0 Å². The fourth-order valence-corrected chi connectivity index (χ4v) is 6.96. The molecule has 318 valence electrons. The van der Waals surface area contributed by atoms with Gasteiger partial charge in [0.1, 0.15) is 19.6 Å². The predicted molar refractivity (Wildman–Crippen MR) is 215 cm³/mol. The van der Waals surface area contributed by atoms with Gasteiger partial charge >= 0.3 is 0 Å². The van der Waals surface area contributed by atoms with Crippen molar-refractivity contribution in [2.75, 3.05) is 62.3 Å². The Kier molecular flexibility index (Phi) is 26.7. The van der Waals surface area contributed by atoms with Crippen LogP contribution in [0.1, 0.15) is 71.9 Å². The van der Waals surface area contributed by atoms with E-state index in [-0.39, 0.29) is 37.2 Å². The normalized spacial score (nSPS) is 10.4.